The number of rotatable bonds is 4. The van der Waals surface area contributed by atoms with Gasteiger partial charge in [0.25, 0.3) is 0 Å². The third-order valence-corrected chi connectivity index (χ3v) is 2.94. The second-order valence-corrected chi connectivity index (χ2v) is 4.69. The normalized spacial score (nSPS) is 14.9. The molecule has 90 valence electrons. The zero-order valence-electron chi connectivity index (χ0n) is 9.63. The van der Waals surface area contributed by atoms with Gasteiger partial charge in [0.1, 0.15) is 5.82 Å². The summed E-state index contributed by atoms with van der Waals surface area (Å²) in [5.74, 6) is -0.268. The molecule has 2 atom stereocenters. The Morgan fingerprint density at radius 2 is 1.94 bits per heavy atom. The Morgan fingerprint density at radius 3 is 2.50 bits per heavy atom. The van der Waals surface area contributed by atoms with Crippen LogP contribution < -0.4 is 11.5 Å². The van der Waals surface area contributed by atoms with E-state index < -0.39 is 0 Å². The van der Waals surface area contributed by atoms with E-state index >= 15 is 0 Å². The van der Waals surface area contributed by atoms with E-state index in [0.717, 1.165) is 6.42 Å². The van der Waals surface area contributed by atoms with Crippen LogP contribution in [0.5, 0.6) is 0 Å². The first-order valence-electron chi connectivity index (χ1n) is 5.38. The molecule has 0 aliphatic carbocycles. The first-order valence-corrected chi connectivity index (χ1v) is 5.76. The van der Waals surface area contributed by atoms with E-state index in [-0.39, 0.29) is 17.9 Å². The van der Waals surface area contributed by atoms with Crippen molar-refractivity contribution in [2.24, 2.45) is 11.5 Å². The summed E-state index contributed by atoms with van der Waals surface area (Å²) < 4.78 is 13.4. The summed E-state index contributed by atoms with van der Waals surface area (Å²) >= 11 is 6.03. The van der Waals surface area contributed by atoms with Gasteiger partial charge in [-0.15, -0.1) is 0 Å². The molecule has 0 heterocycles. The van der Waals surface area contributed by atoms with Crippen LogP contribution in [0.2, 0.25) is 5.02 Å². The van der Waals surface area contributed by atoms with Crippen molar-refractivity contribution >= 4 is 11.6 Å². The van der Waals surface area contributed by atoms with Crippen LogP contribution >= 0.6 is 11.6 Å². The Labute approximate surface area is 101 Å². The van der Waals surface area contributed by atoms with Gasteiger partial charge in [-0.1, -0.05) is 11.6 Å². The molecule has 0 saturated carbocycles. The lowest BCUT2D eigenvalue weighted by atomic mass is 9.99. The van der Waals surface area contributed by atoms with Crippen molar-refractivity contribution in [3.8, 4) is 0 Å². The molecule has 0 saturated heterocycles. The molecule has 1 aromatic carbocycles. The Bertz CT molecular complexity index is 366. The van der Waals surface area contributed by atoms with Gasteiger partial charge in [0.15, 0.2) is 0 Å². The molecule has 16 heavy (non-hydrogen) atoms. The van der Waals surface area contributed by atoms with Crippen molar-refractivity contribution < 1.29 is 4.39 Å². The van der Waals surface area contributed by atoms with Gasteiger partial charge in [-0.2, -0.15) is 0 Å². The quantitative estimate of drug-likeness (QED) is 0.856. The summed E-state index contributed by atoms with van der Waals surface area (Å²) in [6, 6.07) is 2.87. The lowest BCUT2D eigenvalue weighted by Crippen LogP contribution is -2.19. The fourth-order valence-electron chi connectivity index (χ4n) is 1.54. The van der Waals surface area contributed by atoms with Crippen molar-refractivity contribution in [2.45, 2.75) is 38.8 Å². The Kier molecular flexibility index (Phi) is 4.71. The molecule has 0 aliphatic rings. The molecule has 0 fully saturated rings. The first kappa shape index (κ1) is 13.4. The van der Waals surface area contributed by atoms with Gasteiger partial charge >= 0.3 is 0 Å². The minimum atomic E-state index is -0.268. The maximum Gasteiger partial charge on any atom is 0.126 e. The zero-order chi connectivity index (χ0) is 12.3. The van der Waals surface area contributed by atoms with Crippen LogP contribution in [0.4, 0.5) is 4.39 Å². The SMILES string of the molecule is Cc1cc(Cl)c(C(N)CCC(C)N)cc1F. The minimum absolute atomic E-state index is 0.0973. The van der Waals surface area contributed by atoms with Crippen molar-refractivity contribution in [1.82, 2.24) is 0 Å². The van der Waals surface area contributed by atoms with E-state index in [1.165, 1.54) is 6.07 Å². The van der Waals surface area contributed by atoms with Gasteiger partial charge < -0.3 is 11.5 Å². The maximum absolute atomic E-state index is 13.4. The lowest BCUT2D eigenvalue weighted by Gasteiger charge is -2.15. The molecule has 4 heteroatoms. The molecule has 1 rings (SSSR count). The molecule has 0 amide bonds. The van der Waals surface area contributed by atoms with Crippen LogP contribution in [0.3, 0.4) is 0 Å². The average Bonchev–Trinajstić information content (AvgIpc) is 2.20. The molecule has 2 unspecified atom stereocenters. The van der Waals surface area contributed by atoms with Crippen molar-refractivity contribution in [3.63, 3.8) is 0 Å². The Morgan fingerprint density at radius 1 is 1.31 bits per heavy atom. The van der Waals surface area contributed by atoms with Crippen molar-refractivity contribution in [1.29, 1.82) is 0 Å². The zero-order valence-corrected chi connectivity index (χ0v) is 10.4. The molecule has 0 radical (unpaired) electrons. The third-order valence-electron chi connectivity index (χ3n) is 2.61. The monoisotopic (exact) mass is 244 g/mol. The van der Waals surface area contributed by atoms with E-state index in [4.69, 9.17) is 23.1 Å². The van der Waals surface area contributed by atoms with Crippen molar-refractivity contribution in [3.05, 3.63) is 34.1 Å². The molecule has 0 aliphatic heterocycles. The Balaban J connectivity index is 2.82. The van der Waals surface area contributed by atoms with Gasteiger partial charge in [0.05, 0.1) is 0 Å². The van der Waals surface area contributed by atoms with E-state index in [9.17, 15) is 4.39 Å². The first-order chi connectivity index (χ1) is 7.41. The molecule has 0 bridgehead atoms. The van der Waals surface area contributed by atoms with Crippen LogP contribution in [0.25, 0.3) is 0 Å². The van der Waals surface area contributed by atoms with Crippen LogP contribution in [0.1, 0.15) is 36.9 Å². The average molecular weight is 245 g/mol. The summed E-state index contributed by atoms with van der Waals surface area (Å²) in [7, 11) is 0. The van der Waals surface area contributed by atoms with Crippen LogP contribution in [-0.2, 0) is 0 Å². The van der Waals surface area contributed by atoms with Crippen LogP contribution in [-0.4, -0.2) is 6.04 Å². The summed E-state index contributed by atoms with van der Waals surface area (Å²) in [5, 5.41) is 0.524. The third kappa shape index (κ3) is 3.44. The molecule has 0 aromatic heterocycles. The summed E-state index contributed by atoms with van der Waals surface area (Å²) in [4.78, 5) is 0. The largest absolute Gasteiger partial charge is 0.328 e. The molecule has 2 nitrogen and oxygen atoms in total. The topological polar surface area (TPSA) is 52.0 Å². The van der Waals surface area contributed by atoms with Gasteiger partial charge in [0.2, 0.25) is 0 Å². The second-order valence-electron chi connectivity index (χ2n) is 4.28. The standard InChI is InChI=1S/C12H18ClFN2/c1-7-5-10(13)9(6-11(7)14)12(16)4-3-8(2)15/h5-6,8,12H,3-4,15-16H2,1-2H3. The number of aryl methyl sites for hydroxylation is 1. The highest BCUT2D eigenvalue weighted by Crippen LogP contribution is 2.27. The second kappa shape index (κ2) is 5.62. The highest BCUT2D eigenvalue weighted by molar-refractivity contribution is 6.31. The molecule has 0 spiro atoms. The number of hydrogen-bond acceptors (Lipinski definition) is 2. The summed E-state index contributed by atoms with van der Waals surface area (Å²) in [6.07, 6.45) is 1.51. The summed E-state index contributed by atoms with van der Waals surface area (Å²) in [6.45, 7) is 3.60. The van der Waals surface area contributed by atoms with Gasteiger partial charge in [-0.25, -0.2) is 4.39 Å². The number of halogens is 2. The fraction of sp³-hybridized carbons (Fsp3) is 0.500. The van der Waals surface area contributed by atoms with E-state index in [2.05, 4.69) is 0 Å². The predicted octanol–water partition coefficient (Wildman–Crippen LogP) is 2.91. The summed E-state index contributed by atoms with van der Waals surface area (Å²) in [5.41, 5.74) is 12.8. The van der Waals surface area contributed by atoms with Gasteiger partial charge in [-0.05, 0) is 49.9 Å². The van der Waals surface area contributed by atoms with Crippen LogP contribution in [0, 0.1) is 12.7 Å². The van der Waals surface area contributed by atoms with E-state index in [1.807, 2.05) is 6.92 Å². The highest BCUT2D eigenvalue weighted by Gasteiger charge is 2.13. The number of benzene rings is 1. The predicted molar refractivity (Wildman–Crippen MR) is 66.0 cm³/mol. The van der Waals surface area contributed by atoms with Gasteiger partial charge in [0, 0.05) is 17.1 Å². The molecular formula is C12H18ClFN2. The maximum atomic E-state index is 13.4. The van der Waals surface area contributed by atoms with Crippen molar-refractivity contribution in [2.75, 3.05) is 0 Å². The molecular weight excluding hydrogens is 227 g/mol. The highest BCUT2D eigenvalue weighted by atomic mass is 35.5. The minimum Gasteiger partial charge on any atom is -0.328 e. The van der Waals surface area contributed by atoms with E-state index in [0.29, 0.717) is 22.6 Å². The number of nitrogens with two attached hydrogens (primary N) is 2. The fourth-order valence-corrected chi connectivity index (χ4v) is 1.90. The van der Waals surface area contributed by atoms with Crippen LogP contribution in [0.15, 0.2) is 12.1 Å². The van der Waals surface area contributed by atoms with E-state index in [1.54, 1.807) is 13.0 Å². The lowest BCUT2D eigenvalue weighted by molar-refractivity contribution is 0.549. The Hall–Kier alpha value is -0.640. The molecule has 1 aromatic rings. The number of hydrogen-bond donors (Lipinski definition) is 2. The smallest absolute Gasteiger partial charge is 0.126 e. The van der Waals surface area contributed by atoms with Gasteiger partial charge in [-0.3, -0.25) is 0 Å². The molecule has 4 N–H and O–H groups in total.